The third-order valence-electron chi connectivity index (χ3n) is 3.45. The first-order chi connectivity index (χ1) is 5.73. The van der Waals surface area contributed by atoms with Crippen molar-refractivity contribution in [2.45, 2.75) is 38.1 Å². The van der Waals surface area contributed by atoms with Gasteiger partial charge in [0.2, 0.25) is 0 Å². The maximum atomic E-state index is 4.59. The van der Waals surface area contributed by atoms with Gasteiger partial charge in [-0.05, 0) is 26.8 Å². The van der Waals surface area contributed by atoms with Crippen molar-refractivity contribution >= 4 is 5.71 Å². The van der Waals surface area contributed by atoms with Crippen molar-refractivity contribution in [1.29, 1.82) is 0 Å². The zero-order valence-corrected chi connectivity index (χ0v) is 8.14. The molecule has 12 heavy (non-hydrogen) atoms. The number of rotatable bonds is 0. The van der Waals surface area contributed by atoms with Crippen LogP contribution in [0.5, 0.6) is 0 Å². The van der Waals surface area contributed by atoms with E-state index in [4.69, 9.17) is 0 Å². The average molecular weight is 166 g/mol. The van der Waals surface area contributed by atoms with Crippen LogP contribution in [0.1, 0.15) is 32.6 Å². The highest BCUT2D eigenvalue weighted by atomic mass is 15.2. The lowest BCUT2D eigenvalue weighted by Gasteiger charge is -2.40. The highest BCUT2D eigenvalue weighted by Gasteiger charge is 2.39. The predicted octanol–water partition coefficient (Wildman–Crippen LogP) is 1.71. The van der Waals surface area contributed by atoms with Gasteiger partial charge in [0.1, 0.15) is 0 Å². The second kappa shape index (κ2) is 2.84. The minimum absolute atomic E-state index is 0.458. The van der Waals surface area contributed by atoms with Gasteiger partial charge < -0.3 is 0 Å². The molecule has 0 amide bonds. The van der Waals surface area contributed by atoms with Gasteiger partial charge in [-0.3, -0.25) is 9.89 Å². The number of aliphatic imine (C=N–C) groups is 1. The number of nitrogens with zero attached hydrogens (tertiary/aromatic N) is 2. The molecule has 1 heterocycles. The van der Waals surface area contributed by atoms with E-state index >= 15 is 0 Å². The average Bonchev–Trinajstić information content (AvgIpc) is 2.48. The molecule has 2 aliphatic rings. The molecule has 1 fully saturated rings. The van der Waals surface area contributed by atoms with Gasteiger partial charge in [0.25, 0.3) is 0 Å². The maximum absolute atomic E-state index is 4.59. The van der Waals surface area contributed by atoms with Crippen molar-refractivity contribution in [1.82, 2.24) is 4.90 Å². The van der Waals surface area contributed by atoms with Gasteiger partial charge >= 0.3 is 0 Å². The van der Waals surface area contributed by atoms with Gasteiger partial charge in [0.15, 0.2) is 0 Å². The number of likely N-dealkylation sites (N-methyl/N-ethyl adjacent to an activating group) is 1. The van der Waals surface area contributed by atoms with Gasteiger partial charge in [-0.25, -0.2) is 0 Å². The van der Waals surface area contributed by atoms with Crippen molar-refractivity contribution in [2.75, 3.05) is 20.1 Å². The van der Waals surface area contributed by atoms with Crippen LogP contribution in [0.3, 0.4) is 0 Å². The largest absolute Gasteiger partial charge is 0.293 e. The molecule has 0 N–H and O–H groups in total. The topological polar surface area (TPSA) is 15.6 Å². The zero-order chi connectivity index (χ0) is 8.60. The van der Waals surface area contributed by atoms with Crippen LogP contribution in [0.15, 0.2) is 4.99 Å². The van der Waals surface area contributed by atoms with E-state index in [2.05, 4.69) is 23.9 Å². The molecule has 0 aromatic heterocycles. The second-order valence-electron chi connectivity index (χ2n) is 4.34. The Hall–Kier alpha value is -0.370. The lowest BCUT2D eigenvalue weighted by atomic mass is 9.93. The summed E-state index contributed by atoms with van der Waals surface area (Å²) in [4.78, 5) is 7.11. The Morgan fingerprint density at radius 1 is 1.33 bits per heavy atom. The van der Waals surface area contributed by atoms with Crippen LogP contribution in [0.25, 0.3) is 0 Å². The van der Waals surface area contributed by atoms with Crippen LogP contribution in [0.2, 0.25) is 0 Å². The minimum atomic E-state index is 0.458. The normalized spacial score (nSPS) is 29.3. The third kappa shape index (κ3) is 1.18. The van der Waals surface area contributed by atoms with Crippen molar-refractivity contribution in [3.8, 4) is 0 Å². The fourth-order valence-corrected chi connectivity index (χ4v) is 2.54. The first kappa shape index (κ1) is 8.24. The fourth-order valence-electron chi connectivity index (χ4n) is 2.54. The summed E-state index contributed by atoms with van der Waals surface area (Å²) in [5, 5.41) is 0. The Labute approximate surface area is 74.7 Å². The third-order valence-corrected chi connectivity index (χ3v) is 3.45. The van der Waals surface area contributed by atoms with E-state index in [1.54, 1.807) is 0 Å². The van der Waals surface area contributed by atoms with Gasteiger partial charge in [-0.2, -0.15) is 0 Å². The summed E-state index contributed by atoms with van der Waals surface area (Å²) >= 11 is 0. The summed E-state index contributed by atoms with van der Waals surface area (Å²) in [6.45, 7) is 4.27. The standard InChI is InChI=1S/C10H18N2/c1-9-7-12(2)10(8-11-9)5-3-4-6-10/h3-8H2,1-2H3. The first-order valence-corrected chi connectivity index (χ1v) is 4.94. The molecule has 2 nitrogen and oxygen atoms in total. The molecule has 0 radical (unpaired) electrons. The molecule has 1 spiro atoms. The summed E-state index contributed by atoms with van der Waals surface area (Å²) < 4.78 is 0. The lowest BCUT2D eigenvalue weighted by Crippen LogP contribution is -2.51. The Morgan fingerprint density at radius 2 is 2.00 bits per heavy atom. The lowest BCUT2D eigenvalue weighted by molar-refractivity contribution is 0.144. The molecule has 0 bridgehead atoms. The van der Waals surface area contributed by atoms with Crippen LogP contribution < -0.4 is 0 Å². The summed E-state index contributed by atoms with van der Waals surface area (Å²) in [6, 6.07) is 0. The molecule has 2 rings (SSSR count). The SMILES string of the molecule is CC1=NCC2(CCCC2)N(C)C1. The Kier molecular flexibility index (Phi) is 1.95. The Balaban J connectivity index is 2.16. The second-order valence-corrected chi connectivity index (χ2v) is 4.34. The smallest absolute Gasteiger partial charge is 0.0573 e. The van der Waals surface area contributed by atoms with Crippen molar-refractivity contribution in [3.05, 3.63) is 0 Å². The van der Waals surface area contributed by atoms with E-state index in [-0.39, 0.29) is 0 Å². The van der Waals surface area contributed by atoms with Crippen LogP contribution in [-0.2, 0) is 0 Å². The predicted molar refractivity (Wildman–Crippen MR) is 51.8 cm³/mol. The van der Waals surface area contributed by atoms with E-state index in [0.717, 1.165) is 13.1 Å². The Morgan fingerprint density at radius 3 is 2.58 bits per heavy atom. The molecule has 1 aliphatic carbocycles. The number of hydrogen-bond donors (Lipinski definition) is 0. The quantitative estimate of drug-likeness (QED) is 0.535. The molecule has 0 unspecified atom stereocenters. The summed E-state index contributed by atoms with van der Waals surface area (Å²) in [7, 11) is 2.25. The molecule has 0 aromatic carbocycles. The minimum Gasteiger partial charge on any atom is -0.293 e. The summed E-state index contributed by atoms with van der Waals surface area (Å²) in [5.74, 6) is 0. The molecule has 1 aliphatic heterocycles. The molecule has 68 valence electrons. The van der Waals surface area contributed by atoms with Gasteiger partial charge in [-0.1, -0.05) is 12.8 Å². The zero-order valence-electron chi connectivity index (χ0n) is 8.14. The molecule has 0 aromatic rings. The molecule has 0 atom stereocenters. The monoisotopic (exact) mass is 166 g/mol. The molecular weight excluding hydrogens is 148 g/mol. The van der Waals surface area contributed by atoms with Crippen molar-refractivity contribution < 1.29 is 0 Å². The molecular formula is C10H18N2. The van der Waals surface area contributed by atoms with E-state index < -0.39 is 0 Å². The maximum Gasteiger partial charge on any atom is 0.0573 e. The van der Waals surface area contributed by atoms with E-state index in [1.165, 1.54) is 31.4 Å². The Bertz CT molecular complexity index is 202. The summed E-state index contributed by atoms with van der Waals surface area (Å²) in [6.07, 6.45) is 5.53. The van der Waals surface area contributed by atoms with Crippen molar-refractivity contribution in [3.63, 3.8) is 0 Å². The van der Waals surface area contributed by atoms with E-state index in [1.807, 2.05) is 0 Å². The fraction of sp³-hybridized carbons (Fsp3) is 0.900. The molecule has 2 heteroatoms. The highest BCUT2D eigenvalue weighted by Crippen LogP contribution is 2.36. The summed E-state index contributed by atoms with van der Waals surface area (Å²) in [5.41, 5.74) is 1.76. The van der Waals surface area contributed by atoms with E-state index in [0.29, 0.717) is 5.54 Å². The van der Waals surface area contributed by atoms with Gasteiger partial charge in [0.05, 0.1) is 6.54 Å². The van der Waals surface area contributed by atoms with E-state index in [9.17, 15) is 0 Å². The first-order valence-electron chi connectivity index (χ1n) is 4.94. The van der Waals surface area contributed by atoms with Crippen LogP contribution in [0, 0.1) is 0 Å². The van der Waals surface area contributed by atoms with Gasteiger partial charge in [0, 0.05) is 17.8 Å². The molecule has 1 saturated carbocycles. The van der Waals surface area contributed by atoms with Crippen LogP contribution >= 0.6 is 0 Å². The van der Waals surface area contributed by atoms with Crippen molar-refractivity contribution in [2.24, 2.45) is 4.99 Å². The van der Waals surface area contributed by atoms with Crippen LogP contribution in [0.4, 0.5) is 0 Å². The van der Waals surface area contributed by atoms with Crippen LogP contribution in [-0.4, -0.2) is 36.3 Å². The number of hydrogen-bond acceptors (Lipinski definition) is 2. The van der Waals surface area contributed by atoms with Gasteiger partial charge in [-0.15, -0.1) is 0 Å². The highest BCUT2D eigenvalue weighted by molar-refractivity contribution is 5.84. The molecule has 0 saturated heterocycles.